The first kappa shape index (κ1) is 13.6. The normalized spacial score (nSPS) is 11.6. The quantitative estimate of drug-likeness (QED) is 0.849. The predicted octanol–water partition coefficient (Wildman–Crippen LogP) is 3.27. The monoisotopic (exact) mass is 259 g/mol. The first-order valence-corrected chi connectivity index (χ1v) is 6.60. The molecular weight excluding hydrogens is 238 g/mol. The van der Waals surface area contributed by atoms with Crippen molar-refractivity contribution in [2.75, 3.05) is 6.61 Å². The van der Waals surface area contributed by atoms with Crippen molar-refractivity contribution in [3.8, 4) is 11.4 Å². The lowest BCUT2D eigenvalue weighted by Gasteiger charge is -2.21. The molecule has 1 heterocycles. The number of aryl methyl sites for hydroxylation is 1. The molecule has 0 saturated carbocycles. The average Bonchev–Trinajstić information content (AvgIpc) is 2.72. The molecular formula is C15H21N3O. The van der Waals surface area contributed by atoms with Crippen LogP contribution in [0.1, 0.15) is 39.3 Å². The van der Waals surface area contributed by atoms with E-state index >= 15 is 0 Å². The molecule has 4 heteroatoms. The van der Waals surface area contributed by atoms with Crippen LogP contribution in [0.15, 0.2) is 24.3 Å². The number of nitrogens with zero attached hydrogens (tertiary/aromatic N) is 3. The minimum Gasteiger partial charge on any atom is -0.492 e. The second kappa shape index (κ2) is 5.03. The minimum absolute atomic E-state index is 0.0689. The first-order valence-electron chi connectivity index (χ1n) is 6.60. The minimum atomic E-state index is -0.0689. The van der Waals surface area contributed by atoms with Crippen molar-refractivity contribution in [1.82, 2.24) is 14.8 Å². The Labute approximate surface area is 114 Å². The molecule has 1 aromatic heterocycles. The third-order valence-electron chi connectivity index (χ3n) is 2.90. The number of rotatable bonds is 3. The highest BCUT2D eigenvalue weighted by Crippen LogP contribution is 2.29. The number of hydrogen-bond acceptors (Lipinski definition) is 3. The van der Waals surface area contributed by atoms with Crippen molar-refractivity contribution < 1.29 is 4.74 Å². The highest BCUT2D eigenvalue weighted by atomic mass is 16.5. The summed E-state index contributed by atoms with van der Waals surface area (Å²) in [5.41, 5.74) is 0.928. The van der Waals surface area contributed by atoms with Crippen LogP contribution in [0.5, 0.6) is 5.75 Å². The molecule has 0 aliphatic rings. The molecule has 4 nitrogen and oxygen atoms in total. The highest BCUT2D eigenvalue weighted by molar-refractivity contribution is 5.48. The van der Waals surface area contributed by atoms with Crippen LogP contribution in [0.2, 0.25) is 0 Å². The molecule has 1 aromatic carbocycles. The number of hydrogen-bond donors (Lipinski definition) is 0. The fraction of sp³-hybridized carbons (Fsp3) is 0.467. The fourth-order valence-corrected chi connectivity index (χ4v) is 2.06. The summed E-state index contributed by atoms with van der Waals surface area (Å²) in [4.78, 5) is 0. The predicted molar refractivity (Wildman–Crippen MR) is 76.0 cm³/mol. The van der Waals surface area contributed by atoms with E-state index in [4.69, 9.17) is 4.74 Å². The molecule has 2 aromatic rings. The zero-order chi connectivity index (χ0) is 14.0. The number of aromatic nitrogens is 3. The van der Waals surface area contributed by atoms with Crippen molar-refractivity contribution in [2.45, 2.75) is 40.0 Å². The van der Waals surface area contributed by atoms with E-state index in [9.17, 15) is 0 Å². The molecule has 0 fully saturated rings. The zero-order valence-electron chi connectivity index (χ0n) is 12.3. The smallest absolute Gasteiger partial charge is 0.143 e. The Bertz CT molecular complexity index is 567. The first-order chi connectivity index (χ1) is 8.95. The van der Waals surface area contributed by atoms with Gasteiger partial charge in [0.1, 0.15) is 17.4 Å². The Morgan fingerprint density at radius 3 is 2.47 bits per heavy atom. The summed E-state index contributed by atoms with van der Waals surface area (Å²) in [5.74, 6) is 2.67. The summed E-state index contributed by atoms with van der Waals surface area (Å²) >= 11 is 0. The second-order valence-electron chi connectivity index (χ2n) is 5.56. The van der Waals surface area contributed by atoms with Gasteiger partial charge >= 0.3 is 0 Å². The van der Waals surface area contributed by atoms with Crippen molar-refractivity contribution >= 4 is 0 Å². The van der Waals surface area contributed by atoms with Crippen LogP contribution in [0, 0.1) is 6.92 Å². The van der Waals surface area contributed by atoms with Gasteiger partial charge in [0, 0.05) is 5.41 Å². The van der Waals surface area contributed by atoms with E-state index in [1.807, 2.05) is 38.1 Å². The summed E-state index contributed by atoms with van der Waals surface area (Å²) < 4.78 is 7.78. The zero-order valence-corrected chi connectivity index (χ0v) is 12.3. The molecule has 0 aliphatic carbocycles. The highest BCUT2D eigenvalue weighted by Gasteiger charge is 2.24. The van der Waals surface area contributed by atoms with Crippen LogP contribution in [0.25, 0.3) is 5.69 Å². The molecule has 0 spiro atoms. The standard InChI is InChI=1S/C15H21N3O/c1-6-19-13-10-8-7-9-12(13)18-11(2)16-17-14(18)15(3,4)5/h7-10H,6H2,1-5H3. The molecule has 0 N–H and O–H groups in total. The molecule has 0 atom stereocenters. The van der Waals surface area contributed by atoms with E-state index < -0.39 is 0 Å². The van der Waals surface area contributed by atoms with E-state index in [1.54, 1.807) is 0 Å². The van der Waals surface area contributed by atoms with Crippen LogP contribution in [0.3, 0.4) is 0 Å². The van der Waals surface area contributed by atoms with E-state index in [0.29, 0.717) is 6.61 Å². The van der Waals surface area contributed by atoms with Gasteiger partial charge < -0.3 is 4.74 Å². The second-order valence-corrected chi connectivity index (χ2v) is 5.56. The van der Waals surface area contributed by atoms with E-state index in [2.05, 4.69) is 35.5 Å². The van der Waals surface area contributed by atoms with Crippen LogP contribution in [0.4, 0.5) is 0 Å². The third-order valence-corrected chi connectivity index (χ3v) is 2.90. The maximum absolute atomic E-state index is 5.71. The summed E-state index contributed by atoms with van der Waals surface area (Å²) in [6.07, 6.45) is 0. The van der Waals surface area contributed by atoms with E-state index in [0.717, 1.165) is 23.1 Å². The van der Waals surface area contributed by atoms with Gasteiger partial charge in [-0.15, -0.1) is 10.2 Å². The van der Waals surface area contributed by atoms with Gasteiger partial charge in [-0.1, -0.05) is 32.9 Å². The maximum Gasteiger partial charge on any atom is 0.143 e. The lowest BCUT2D eigenvalue weighted by Crippen LogP contribution is -2.19. The summed E-state index contributed by atoms with van der Waals surface area (Å²) in [5, 5.41) is 8.54. The Balaban J connectivity index is 2.62. The summed E-state index contributed by atoms with van der Waals surface area (Å²) in [6, 6.07) is 8.00. The summed E-state index contributed by atoms with van der Waals surface area (Å²) in [7, 11) is 0. The molecule has 0 aliphatic heterocycles. The van der Waals surface area contributed by atoms with Gasteiger partial charge in [-0.25, -0.2) is 0 Å². The van der Waals surface area contributed by atoms with Gasteiger partial charge in [0.2, 0.25) is 0 Å². The average molecular weight is 259 g/mol. The topological polar surface area (TPSA) is 39.9 Å². The van der Waals surface area contributed by atoms with Crippen LogP contribution < -0.4 is 4.74 Å². The van der Waals surface area contributed by atoms with Crippen molar-refractivity contribution in [1.29, 1.82) is 0 Å². The molecule has 19 heavy (non-hydrogen) atoms. The van der Waals surface area contributed by atoms with Gasteiger partial charge in [0.25, 0.3) is 0 Å². The van der Waals surface area contributed by atoms with Gasteiger partial charge in [-0.3, -0.25) is 4.57 Å². The number of para-hydroxylation sites is 2. The molecule has 0 bridgehead atoms. The molecule has 102 valence electrons. The van der Waals surface area contributed by atoms with Gasteiger partial charge in [0.05, 0.1) is 12.3 Å². The van der Waals surface area contributed by atoms with Crippen LogP contribution >= 0.6 is 0 Å². The lowest BCUT2D eigenvalue weighted by atomic mass is 9.95. The third kappa shape index (κ3) is 2.62. The van der Waals surface area contributed by atoms with E-state index in [1.165, 1.54) is 0 Å². The Morgan fingerprint density at radius 1 is 1.16 bits per heavy atom. The van der Waals surface area contributed by atoms with Crippen molar-refractivity contribution in [2.24, 2.45) is 0 Å². The Morgan fingerprint density at radius 2 is 1.84 bits per heavy atom. The molecule has 0 amide bonds. The number of benzene rings is 1. The van der Waals surface area contributed by atoms with Crippen LogP contribution in [-0.4, -0.2) is 21.4 Å². The summed E-state index contributed by atoms with van der Waals surface area (Å²) in [6.45, 7) is 11.0. The molecule has 0 unspecified atom stereocenters. The Hall–Kier alpha value is -1.84. The fourth-order valence-electron chi connectivity index (χ4n) is 2.06. The van der Waals surface area contributed by atoms with Gasteiger partial charge in [0.15, 0.2) is 0 Å². The van der Waals surface area contributed by atoms with Crippen molar-refractivity contribution in [3.05, 3.63) is 35.9 Å². The van der Waals surface area contributed by atoms with E-state index in [-0.39, 0.29) is 5.41 Å². The maximum atomic E-state index is 5.71. The van der Waals surface area contributed by atoms with Gasteiger partial charge in [-0.2, -0.15) is 0 Å². The molecule has 0 radical (unpaired) electrons. The molecule has 0 saturated heterocycles. The molecule has 2 rings (SSSR count). The number of ether oxygens (including phenoxy) is 1. The largest absolute Gasteiger partial charge is 0.492 e. The van der Waals surface area contributed by atoms with Crippen molar-refractivity contribution in [3.63, 3.8) is 0 Å². The van der Waals surface area contributed by atoms with Gasteiger partial charge in [-0.05, 0) is 26.0 Å². The lowest BCUT2D eigenvalue weighted by molar-refractivity contribution is 0.338. The SMILES string of the molecule is CCOc1ccccc1-n1c(C)nnc1C(C)(C)C. The van der Waals surface area contributed by atoms with Crippen LogP contribution in [-0.2, 0) is 5.41 Å². The Kier molecular flexibility index (Phi) is 3.60.